The lowest BCUT2D eigenvalue weighted by Gasteiger charge is -2.26. The molecule has 2 nitrogen and oxygen atoms in total. The van der Waals surface area contributed by atoms with Crippen molar-refractivity contribution in [2.45, 2.75) is 18.9 Å². The number of ether oxygens (including phenoxy) is 1. The summed E-state index contributed by atoms with van der Waals surface area (Å²) in [6.45, 7) is 0.833. The van der Waals surface area contributed by atoms with Crippen molar-refractivity contribution in [2.75, 3.05) is 13.7 Å². The van der Waals surface area contributed by atoms with Gasteiger partial charge in [0, 0.05) is 13.7 Å². The molecule has 0 saturated heterocycles. The fourth-order valence-corrected chi connectivity index (χ4v) is 5.50. The monoisotopic (exact) mass is 194 g/mol. The lowest BCUT2D eigenvalue weighted by Crippen LogP contribution is -2.29. The van der Waals surface area contributed by atoms with Crippen LogP contribution in [0.1, 0.15) is 12.8 Å². The molecule has 5 saturated carbocycles. The molecule has 0 radical (unpaired) electrons. The number of hydrogen-bond acceptors (Lipinski definition) is 2. The molecule has 6 bridgehead atoms. The maximum Gasteiger partial charge on any atom is 0.0605 e. The van der Waals surface area contributed by atoms with Crippen LogP contribution in [-0.2, 0) is 4.74 Å². The third-order valence-corrected chi connectivity index (χ3v) is 5.70. The molecule has 0 heterocycles. The average molecular weight is 194 g/mol. The predicted octanol–water partition coefficient (Wildman–Crippen LogP) is 1.14. The summed E-state index contributed by atoms with van der Waals surface area (Å²) >= 11 is 0. The van der Waals surface area contributed by atoms with E-state index in [1.165, 1.54) is 6.42 Å². The van der Waals surface area contributed by atoms with Crippen molar-refractivity contribution in [3.63, 3.8) is 0 Å². The van der Waals surface area contributed by atoms with E-state index >= 15 is 0 Å². The molecule has 0 aromatic heterocycles. The summed E-state index contributed by atoms with van der Waals surface area (Å²) in [5.41, 5.74) is 0. The minimum atomic E-state index is 0.0221. The molecule has 5 fully saturated rings. The zero-order valence-corrected chi connectivity index (χ0v) is 8.60. The van der Waals surface area contributed by atoms with Gasteiger partial charge in [0.05, 0.1) is 6.10 Å². The Balaban J connectivity index is 1.59. The van der Waals surface area contributed by atoms with E-state index in [9.17, 15) is 5.11 Å². The van der Waals surface area contributed by atoms with Gasteiger partial charge < -0.3 is 9.84 Å². The minimum Gasteiger partial charge on any atom is -0.393 e. The highest BCUT2D eigenvalue weighted by Crippen LogP contribution is 2.82. The summed E-state index contributed by atoms with van der Waals surface area (Å²) in [4.78, 5) is 0. The van der Waals surface area contributed by atoms with Gasteiger partial charge in [0.15, 0.2) is 0 Å². The largest absolute Gasteiger partial charge is 0.393 e. The quantitative estimate of drug-likeness (QED) is 0.730. The first-order valence-corrected chi connectivity index (χ1v) is 6.01. The van der Waals surface area contributed by atoms with Crippen molar-refractivity contribution in [1.82, 2.24) is 0 Å². The molecule has 0 amide bonds. The van der Waals surface area contributed by atoms with Crippen LogP contribution in [0.15, 0.2) is 0 Å². The highest BCUT2D eigenvalue weighted by molar-refractivity contribution is 5.27. The fourth-order valence-electron chi connectivity index (χ4n) is 5.50. The maximum atomic E-state index is 10.2. The van der Waals surface area contributed by atoms with Gasteiger partial charge in [-0.2, -0.15) is 0 Å². The van der Waals surface area contributed by atoms with E-state index in [2.05, 4.69) is 0 Å². The third-order valence-electron chi connectivity index (χ3n) is 5.70. The second-order valence-electron chi connectivity index (χ2n) is 5.81. The lowest BCUT2D eigenvalue weighted by molar-refractivity contribution is 0.0356. The van der Waals surface area contributed by atoms with E-state index in [0.29, 0.717) is 11.8 Å². The van der Waals surface area contributed by atoms with E-state index in [4.69, 9.17) is 4.74 Å². The van der Waals surface area contributed by atoms with E-state index in [1.807, 2.05) is 0 Å². The van der Waals surface area contributed by atoms with E-state index in [0.717, 1.165) is 42.6 Å². The second-order valence-corrected chi connectivity index (χ2v) is 5.81. The molecular weight excluding hydrogens is 176 g/mol. The van der Waals surface area contributed by atoms with Crippen LogP contribution in [0, 0.1) is 41.4 Å². The molecule has 1 N–H and O–H groups in total. The van der Waals surface area contributed by atoms with E-state index < -0.39 is 0 Å². The Hall–Kier alpha value is -0.0800. The SMILES string of the molecule is COCC[C@@H]1[C@@H](O)[C@H]2[C@@H]3C[C@H]4[C@@H]([C@H]13)[C@H]42. The first kappa shape index (κ1) is 8.12. The lowest BCUT2D eigenvalue weighted by atomic mass is 9.84. The number of rotatable bonds is 3. The van der Waals surface area contributed by atoms with Crippen LogP contribution >= 0.6 is 0 Å². The summed E-state index contributed by atoms with van der Waals surface area (Å²) in [6, 6.07) is 0. The van der Waals surface area contributed by atoms with Gasteiger partial charge in [-0.3, -0.25) is 0 Å². The van der Waals surface area contributed by atoms with Gasteiger partial charge in [0.1, 0.15) is 0 Å². The summed E-state index contributed by atoms with van der Waals surface area (Å²) in [7, 11) is 1.76. The minimum absolute atomic E-state index is 0.0221. The number of aliphatic hydroxyl groups excluding tert-OH is 1. The van der Waals surface area contributed by atoms with E-state index in [1.54, 1.807) is 7.11 Å². The Morgan fingerprint density at radius 1 is 1.14 bits per heavy atom. The van der Waals surface area contributed by atoms with Crippen molar-refractivity contribution >= 4 is 0 Å². The Labute approximate surface area is 84.6 Å². The van der Waals surface area contributed by atoms with Crippen molar-refractivity contribution in [3.05, 3.63) is 0 Å². The Morgan fingerprint density at radius 3 is 2.50 bits per heavy atom. The molecule has 0 aliphatic heterocycles. The van der Waals surface area contributed by atoms with Crippen LogP contribution in [0.2, 0.25) is 0 Å². The van der Waals surface area contributed by atoms with Gasteiger partial charge in [0.25, 0.3) is 0 Å². The molecule has 0 spiro atoms. The molecule has 5 aliphatic carbocycles. The summed E-state index contributed by atoms with van der Waals surface area (Å²) in [5.74, 6) is 6.12. The molecule has 0 aromatic carbocycles. The average Bonchev–Trinajstić information content (AvgIpc) is 2.59. The molecule has 78 valence electrons. The molecular formula is C12H18O2. The van der Waals surface area contributed by atoms with Crippen molar-refractivity contribution in [3.8, 4) is 0 Å². The maximum absolute atomic E-state index is 10.2. The van der Waals surface area contributed by atoms with Crippen LogP contribution in [0.3, 0.4) is 0 Å². The molecule has 5 aliphatic rings. The Bertz CT molecular complexity index is 277. The number of aliphatic hydroxyl groups is 1. The van der Waals surface area contributed by atoms with Crippen LogP contribution in [0.4, 0.5) is 0 Å². The summed E-state index contributed by atoms with van der Waals surface area (Å²) in [5, 5.41) is 10.2. The van der Waals surface area contributed by atoms with Crippen LogP contribution < -0.4 is 0 Å². The smallest absolute Gasteiger partial charge is 0.0605 e. The molecule has 5 rings (SSSR count). The predicted molar refractivity (Wildman–Crippen MR) is 51.5 cm³/mol. The van der Waals surface area contributed by atoms with Gasteiger partial charge in [-0.1, -0.05) is 0 Å². The number of hydrogen-bond donors (Lipinski definition) is 1. The van der Waals surface area contributed by atoms with Gasteiger partial charge in [-0.25, -0.2) is 0 Å². The van der Waals surface area contributed by atoms with Gasteiger partial charge in [0.2, 0.25) is 0 Å². The molecule has 0 unspecified atom stereocenters. The second kappa shape index (κ2) is 2.35. The normalized spacial score (nSPS) is 66.4. The third kappa shape index (κ3) is 0.674. The highest BCUT2D eigenvalue weighted by Gasteiger charge is 2.79. The first-order valence-electron chi connectivity index (χ1n) is 6.01. The fraction of sp³-hybridized carbons (Fsp3) is 1.00. The summed E-state index contributed by atoms with van der Waals surface area (Å²) < 4.78 is 5.15. The van der Waals surface area contributed by atoms with Gasteiger partial charge in [-0.15, -0.1) is 0 Å². The Morgan fingerprint density at radius 2 is 1.86 bits per heavy atom. The first-order chi connectivity index (χ1) is 6.84. The topological polar surface area (TPSA) is 29.5 Å². The van der Waals surface area contributed by atoms with Crippen LogP contribution in [0.25, 0.3) is 0 Å². The van der Waals surface area contributed by atoms with Gasteiger partial charge in [-0.05, 0) is 54.3 Å². The zero-order chi connectivity index (χ0) is 9.45. The number of methoxy groups -OCH3 is 1. The zero-order valence-electron chi connectivity index (χ0n) is 8.60. The summed E-state index contributed by atoms with van der Waals surface area (Å²) in [6.07, 6.45) is 2.56. The van der Waals surface area contributed by atoms with Crippen molar-refractivity contribution < 1.29 is 9.84 Å². The Kier molecular flexibility index (Phi) is 1.37. The van der Waals surface area contributed by atoms with Crippen LogP contribution in [0.5, 0.6) is 0 Å². The van der Waals surface area contributed by atoms with Crippen LogP contribution in [-0.4, -0.2) is 24.9 Å². The van der Waals surface area contributed by atoms with Crippen molar-refractivity contribution in [2.24, 2.45) is 41.4 Å². The highest BCUT2D eigenvalue weighted by atomic mass is 16.5. The van der Waals surface area contributed by atoms with Crippen molar-refractivity contribution in [1.29, 1.82) is 0 Å². The van der Waals surface area contributed by atoms with E-state index in [-0.39, 0.29) is 6.10 Å². The molecule has 2 heteroatoms. The standard InChI is InChI=1S/C12H18O2/c1-14-3-2-5-8-6-4-7-9(8)10(7)11(6)12(5)13/h5-13H,2-4H2,1H3/t5-,6+,7-,8+,9-,10-,11-,12+/m0/s1. The molecule has 8 atom stereocenters. The molecule has 14 heavy (non-hydrogen) atoms. The molecule has 0 aromatic rings. The van der Waals surface area contributed by atoms with Gasteiger partial charge >= 0.3 is 0 Å².